The van der Waals surface area contributed by atoms with Gasteiger partial charge in [0.05, 0.1) is 12.2 Å². The lowest BCUT2D eigenvalue weighted by Gasteiger charge is -2.11. The second-order valence-electron chi connectivity index (χ2n) is 4.79. The Balaban J connectivity index is 2.22. The van der Waals surface area contributed by atoms with Gasteiger partial charge in [0.1, 0.15) is 5.82 Å². The summed E-state index contributed by atoms with van der Waals surface area (Å²) in [7, 11) is 1.63. The topological polar surface area (TPSA) is 38.3 Å². The van der Waals surface area contributed by atoms with E-state index in [0.717, 1.165) is 5.56 Å². The van der Waals surface area contributed by atoms with Crippen LogP contribution in [-0.4, -0.2) is 19.6 Å². The number of nitrogens with one attached hydrogen (secondary N) is 1. The number of hydrogen-bond donors (Lipinski definition) is 1. The van der Waals surface area contributed by atoms with Gasteiger partial charge in [0.2, 0.25) is 0 Å². The van der Waals surface area contributed by atoms with Gasteiger partial charge in [-0.2, -0.15) is 0 Å². The third-order valence-corrected chi connectivity index (χ3v) is 3.28. The summed E-state index contributed by atoms with van der Waals surface area (Å²) in [5, 5.41) is 2.77. The number of ether oxygens (including phenoxy) is 1. The molecule has 1 amide bonds. The Morgan fingerprint density at radius 3 is 2.71 bits per heavy atom. The lowest BCUT2D eigenvalue weighted by Crippen LogP contribution is -2.15. The van der Waals surface area contributed by atoms with Crippen LogP contribution in [0.5, 0.6) is 0 Å². The Bertz CT molecular complexity index is 640. The lowest BCUT2D eigenvalue weighted by atomic mass is 10.1. The zero-order valence-corrected chi connectivity index (χ0v) is 12.2. The number of para-hydroxylation sites is 1. The Morgan fingerprint density at radius 1 is 1.19 bits per heavy atom. The molecule has 3 nitrogen and oxygen atoms in total. The number of aryl methyl sites for hydroxylation is 1. The minimum Gasteiger partial charge on any atom is -0.384 e. The zero-order chi connectivity index (χ0) is 15.2. The summed E-state index contributed by atoms with van der Waals surface area (Å²) in [4.78, 5) is 12.2. The summed E-state index contributed by atoms with van der Waals surface area (Å²) in [6.07, 6.45) is 0.684. The first-order valence-corrected chi connectivity index (χ1v) is 6.76. The molecule has 4 heteroatoms. The van der Waals surface area contributed by atoms with Crippen molar-refractivity contribution in [3.05, 3.63) is 65.0 Å². The summed E-state index contributed by atoms with van der Waals surface area (Å²) in [5.74, 6) is -0.926. The van der Waals surface area contributed by atoms with Gasteiger partial charge in [0, 0.05) is 12.8 Å². The number of methoxy groups -OCH3 is 1. The van der Waals surface area contributed by atoms with Crippen molar-refractivity contribution in [2.24, 2.45) is 0 Å². The van der Waals surface area contributed by atoms with E-state index in [-0.39, 0.29) is 5.56 Å². The number of carbonyl (C=O) groups is 1. The lowest BCUT2D eigenvalue weighted by molar-refractivity contribution is 0.102. The van der Waals surface area contributed by atoms with Crippen molar-refractivity contribution >= 4 is 11.6 Å². The molecule has 1 N–H and O–H groups in total. The molecule has 0 aromatic heterocycles. The van der Waals surface area contributed by atoms with Crippen molar-refractivity contribution < 1.29 is 13.9 Å². The summed E-state index contributed by atoms with van der Waals surface area (Å²) in [6, 6.07) is 12.2. The van der Waals surface area contributed by atoms with Crippen LogP contribution in [0.4, 0.5) is 10.1 Å². The molecule has 0 radical (unpaired) electrons. The Hall–Kier alpha value is -2.20. The average Bonchev–Trinajstić information content (AvgIpc) is 2.49. The molecule has 0 heterocycles. The van der Waals surface area contributed by atoms with Crippen LogP contribution in [0.15, 0.2) is 42.5 Å². The highest BCUT2D eigenvalue weighted by Gasteiger charge is 2.14. The molecule has 0 spiro atoms. The van der Waals surface area contributed by atoms with E-state index in [0.29, 0.717) is 24.3 Å². The predicted molar refractivity (Wildman–Crippen MR) is 81.1 cm³/mol. The van der Waals surface area contributed by atoms with Crippen LogP contribution in [0, 0.1) is 12.7 Å². The van der Waals surface area contributed by atoms with E-state index >= 15 is 0 Å². The van der Waals surface area contributed by atoms with Crippen LogP contribution in [0.1, 0.15) is 21.5 Å². The molecular weight excluding hydrogens is 269 g/mol. The monoisotopic (exact) mass is 287 g/mol. The maximum Gasteiger partial charge on any atom is 0.258 e. The molecule has 2 aromatic rings. The molecule has 0 aliphatic heterocycles. The average molecular weight is 287 g/mol. The third-order valence-electron chi connectivity index (χ3n) is 3.28. The number of anilines is 1. The molecule has 0 aliphatic carbocycles. The molecule has 0 fully saturated rings. The van der Waals surface area contributed by atoms with Crippen molar-refractivity contribution in [3.8, 4) is 0 Å². The standard InChI is InChI=1S/C17H18FNO2/c1-12-6-5-8-14(16(12)18)17(20)19-15-9-4-3-7-13(15)10-11-21-2/h3-9H,10-11H2,1-2H3,(H,19,20). The van der Waals surface area contributed by atoms with Crippen LogP contribution in [0.3, 0.4) is 0 Å². The zero-order valence-electron chi connectivity index (χ0n) is 12.2. The molecule has 21 heavy (non-hydrogen) atoms. The molecular formula is C17H18FNO2. The van der Waals surface area contributed by atoms with Gasteiger partial charge in [0.25, 0.3) is 5.91 Å². The van der Waals surface area contributed by atoms with Gasteiger partial charge in [-0.05, 0) is 36.6 Å². The fourth-order valence-electron chi connectivity index (χ4n) is 2.08. The van der Waals surface area contributed by atoms with E-state index in [1.54, 1.807) is 32.2 Å². The van der Waals surface area contributed by atoms with E-state index in [1.165, 1.54) is 6.07 Å². The first-order chi connectivity index (χ1) is 10.1. The summed E-state index contributed by atoms with van der Waals surface area (Å²) >= 11 is 0. The number of hydrogen-bond acceptors (Lipinski definition) is 2. The van der Waals surface area contributed by atoms with Crippen LogP contribution < -0.4 is 5.32 Å². The molecule has 0 aliphatic rings. The number of amides is 1. The Morgan fingerprint density at radius 2 is 1.95 bits per heavy atom. The van der Waals surface area contributed by atoms with E-state index in [4.69, 9.17) is 4.74 Å². The quantitative estimate of drug-likeness (QED) is 0.913. The SMILES string of the molecule is COCCc1ccccc1NC(=O)c1cccc(C)c1F. The van der Waals surface area contributed by atoms with E-state index in [1.807, 2.05) is 18.2 Å². The van der Waals surface area contributed by atoms with Crippen molar-refractivity contribution in [3.63, 3.8) is 0 Å². The predicted octanol–water partition coefficient (Wildman–Crippen LogP) is 3.58. The summed E-state index contributed by atoms with van der Waals surface area (Å²) in [5.41, 5.74) is 2.15. The summed E-state index contributed by atoms with van der Waals surface area (Å²) in [6.45, 7) is 2.20. The van der Waals surface area contributed by atoms with Gasteiger partial charge in [-0.25, -0.2) is 4.39 Å². The van der Waals surface area contributed by atoms with Crippen molar-refractivity contribution in [1.82, 2.24) is 0 Å². The smallest absolute Gasteiger partial charge is 0.258 e. The van der Waals surface area contributed by atoms with Crippen molar-refractivity contribution in [2.75, 3.05) is 19.0 Å². The number of rotatable bonds is 5. The molecule has 0 saturated carbocycles. The first kappa shape index (κ1) is 15.2. The highest BCUT2D eigenvalue weighted by Crippen LogP contribution is 2.19. The number of benzene rings is 2. The molecule has 110 valence electrons. The van der Waals surface area contributed by atoms with E-state index < -0.39 is 11.7 Å². The van der Waals surface area contributed by atoms with Crippen LogP contribution in [0.25, 0.3) is 0 Å². The Labute approximate surface area is 123 Å². The maximum atomic E-state index is 14.0. The molecule has 2 aromatic carbocycles. The maximum absolute atomic E-state index is 14.0. The van der Waals surface area contributed by atoms with Crippen LogP contribution >= 0.6 is 0 Å². The molecule has 0 saturated heterocycles. The highest BCUT2D eigenvalue weighted by molar-refractivity contribution is 6.05. The first-order valence-electron chi connectivity index (χ1n) is 6.76. The fourth-order valence-corrected chi connectivity index (χ4v) is 2.08. The third kappa shape index (κ3) is 3.67. The minimum atomic E-state index is -0.482. The summed E-state index contributed by atoms with van der Waals surface area (Å²) < 4.78 is 19.0. The second kappa shape index (κ2) is 6.99. The normalized spacial score (nSPS) is 10.4. The fraction of sp³-hybridized carbons (Fsp3) is 0.235. The van der Waals surface area contributed by atoms with Crippen molar-refractivity contribution in [1.29, 1.82) is 0 Å². The van der Waals surface area contributed by atoms with Crippen LogP contribution in [-0.2, 0) is 11.2 Å². The van der Waals surface area contributed by atoms with Crippen molar-refractivity contribution in [2.45, 2.75) is 13.3 Å². The second-order valence-corrected chi connectivity index (χ2v) is 4.79. The Kier molecular flexibility index (Phi) is 5.06. The minimum absolute atomic E-state index is 0.0524. The van der Waals surface area contributed by atoms with E-state index in [9.17, 15) is 9.18 Å². The van der Waals surface area contributed by atoms with Gasteiger partial charge >= 0.3 is 0 Å². The van der Waals surface area contributed by atoms with E-state index in [2.05, 4.69) is 5.32 Å². The molecule has 0 atom stereocenters. The largest absolute Gasteiger partial charge is 0.384 e. The van der Waals surface area contributed by atoms with Gasteiger partial charge in [-0.3, -0.25) is 4.79 Å². The van der Waals surface area contributed by atoms with Gasteiger partial charge in [-0.1, -0.05) is 30.3 Å². The molecule has 2 rings (SSSR count). The molecule has 0 unspecified atom stereocenters. The van der Waals surface area contributed by atoms with Gasteiger partial charge < -0.3 is 10.1 Å². The highest BCUT2D eigenvalue weighted by atomic mass is 19.1. The number of halogens is 1. The van der Waals surface area contributed by atoms with Crippen LogP contribution in [0.2, 0.25) is 0 Å². The molecule has 0 bridgehead atoms. The van der Waals surface area contributed by atoms with Gasteiger partial charge in [-0.15, -0.1) is 0 Å². The van der Waals surface area contributed by atoms with Gasteiger partial charge in [0.15, 0.2) is 0 Å². The number of carbonyl (C=O) groups excluding carboxylic acids is 1.